The van der Waals surface area contributed by atoms with Gasteiger partial charge in [-0.15, -0.1) is 0 Å². The first-order valence-electron chi connectivity index (χ1n) is 5.00. The van der Waals surface area contributed by atoms with Crippen LogP contribution >= 0.6 is 0 Å². The van der Waals surface area contributed by atoms with Crippen LogP contribution in [0.2, 0.25) is 0 Å². The van der Waals surface area contributed by atoms with E-state index in [4.69, 9.17) is 4.74 Å². The lowest BCUT2D eigenvalue weighted by Gasteiger charge is -2.07. The molecule has 2 nitrogen and oxygen atoms in total. The van der Waals surface area contributed by atoms with Crippen molar-refractivity contribution in [1.29, 1.82) is 0 Å². The lowest BCUT2D eigenvalue weighted by atomic mass is 10.0. The van der Waals surface area contributed by atoms with Crippen molar-refractivity contribution in [3.63, 3.8) is 0 Å². The number of benzene rings is 1. The molecule has 0 amide bonds. The molecule has 2 heteroatoms. The Labute approximate surface area is 90.6 Å². The van der Waals surface area contributed by atoms with E-state index in [1.807, 2.05) is 50.3 Å². The van der Waals surface area contributed by atoms with Crippen molar-refractivity contribution in [2.45, 2.75) is 13.8 Å². The van der Waals surface area contributed by atoms with Crippen molar-refractivity contribution in [2.24, 2.45) is 5.92 Å². The van der Waals surface area contributed by atoms with Gasteiger partial charge in [0.2, 0.25) is 0 Å². The Morgan fingerprint density at radius 2 is 1.87 bits per heavy atom. The monoisotopic (exact) mass is 204 g/mol. The first kappa shape index (κ1) is 11.5. The molecular formula is C13H16O2. The highest BCUT2D eigenvalue weighted by atomic mass is 16.5. The van der Waals surface area contributed by atoms with Crippen LogP contribution in [0.25, 0.3) is 5.57 Å². The molecule has 0 radical (unpaired) electrons. The van der Waals surface area contributed by atoms with Crippen molar-refractivity contribution in [3.8, 4) is 0 Å². The minimum atomic E-state index is -0.283. The molecule has 0 saturated carbocycles. The summed E-state index contributed by atoms with van der Waals surface area (Å²) in [5.41, 5.74) is 1.53. The molecule has 0 N–H and O–H groups in total. The van der Waals surface area contributed by atoms with E-state index < -0.39 is 0 Å². The van der Waals surface area contributed by atoms with Crippen LogP contribution in [0.1, 0.15) is 19.4 Å². The maximum atomic E-state index is 11.6. The van der Waals surface area contributed by atoms with Gasteiger partial charge in [0.1, 0.15) is 0 Å². The van der Waals surface area contributed by atoms with Crippen LogP contribution in [0, 0.1) is 5.92 Å². The van der Waals surface area contributed by atoms with Crippen LogP contribution in [0.15, 0.2) is 36.4 Å². The summed E-state index contributed by atoms with van der Waals surface area (Å²) in [5, 5.41) is 0. The predicted molar refractivity (Wildman–Crippen MR) is 61.3 cm³/mol. The number of carbonyl (C=O) groups is 1. The van der Waals surface area contributed by atoms with Gasteiger partial charge in [0.05, 0.1) is 12.7 Å². The summed E-state index contributed by atoms with van der Waals surface area (Å²) < 4.78 is 4.76. The Morgan fingerprint density at radius 3 is 2.33 bits per heavy atom. The van der Waals surface area contributed by atoms with E-state index >= 15 is 0 Å². The Morgan fingerprint density at radius 1 is 1.27 bits per heavy atom. The zero-order chi connectivity index (χ0) is 11.3. The van der Waals surface area contributed by atoms with Gasteiger partial charge in [0.25, 0.3) is 0 Å². The highest BCUT2D eigenvalue weighted by Gasteiger charge is 2.11. The third-order valence-corrected chi connectivity index (χ3v) is 1.99. The molecule has 15 heavy (non-hydrogen) atoms. The van der Waals surface area contributed by atoms with Crippen LogP contribution in [0.4, 0.5) is 0 Å². The zero-order valence-electron chi connectivity index (χ0n) is 9.36. The van der Waals surface area contributed by atoms with E-state index in [1.54, 1.807) is 0 Å². The third-order valence-electron chi connectivity index (χ3n) is 1.99. The molecule has 0 atom stereocenters. The van der Waals surface area contributed by atoms with Crippen LogP contribution in [0.3, 0.4) is 0 Å². The van der Waals surface area contributed by atoms with Crippen LogP contribution < -0.4 is 0 Å². The van der Waals surface area contributed by atoms with Crippen LogP contribution in [-0.4, -0.2) is 13.1 Å². The number of hydrogen-bond acceptors (Lipinski definition) is 2. The Bertz CT molecular complexity index is 350. The largest absolute Gasteiger partial charge is 0.465 e. The number of methoxy groups -OCH3 is 1. The summed E-state index contributed by atoms with van der Waals surface area (Å²) in [6.07, 6.45) is 1.92. The number of rotatable bonds is 3. The van der Waals surface area contributed by atoms with Crippen molar-refractivity contribution < 1.29 is 9.53 Å². The Kier molecular flexibility index (Phi) is 4.10. The first-order chi connectivity index (χ1) is 7.15. The molecule has 0 saturated heterocycles. The van der Waals surface area contributed by atoms with E-state index in [-0.39, 0.29) is 5.97 Å². The fourth-order valence-corrected chi connectivity index (χ4v) is 1.34. The van der Waals surface area contributed by atoms with Crippen molar-refractivity contribution in [2.75, 3.05) is 7.11 Å². The lowest BCUT2D eigenvalue weighted by molar-refractivity contribution is -0.133. The first-order valence-corrected chi connectivity index (χ1v) is 5.00. The van der Waals surface area contributed by atoms with Gasteiger partial charge >= 0.3 is 5.97 Å². The third kappa shape index (κ3) is 3.24. The van der Waals surface area contributed by atoms with Crippen LogP contribution in [0.5, 0.6) is 0 Å². The molecule has 0 spiro atoms. The summed E-state index contributed by atoms with van der Waals surface area (Å²) in [6, 6.07) is 9.56. The van der Waals surface area contributed by atoms with Gasteiger partial charge in [-0.1, -0.05) is 50.3 Å². The second kappa shape index (κ2) is 5.35. The van der Waals surface area contributed by atoms with Gasteiger partial charge in [-0.3, -0.25) is 0 Å². The van der Waals surface area contributed by atoms with Crippen LogP contribution in [-0.2, 0) is 9.53 Å². The van der Waals surface area contributed by atoms with Crippen molar-refractivity contribution >= 4 is 11.5 Å². The topological polar surface area (TPSA) is 26.3 Å². The van der Waals surface area contributed by atoms with E-state index in [0.29, 0.717) is 11.5 Å². The molecule has 0 unspecified atom stereocenters. The molecule has 0 bridgehead atoms. The quantitative estimate of drug-likeness (QED) is 0.559. The standard InChI is InChI=1S/C13H16O2/c1-10(2)9-12(13(14)15-3)11-7-5-4-6-8-11/h4-10H,1-3H3. The fourth-order valence-electron chi connectivity index (χ4n) is 1.34. The molecule has 1 rings (SSSR count). The molecule has 0 fully saturated rings. The summed E-state index contributed by atoms with van der Waals surface area (Å²) in [4.78, 5) is 11.6. The SMILES string of the molecule is COC(=O)C(=CC(C)C)c1ccccc1. The lowest BCUT2D eigenvalue weighted by Crippen LogP contribution is -2.05. The predicted octanol–water partition coefficient (Wildman–Crippen LogP) is 2.90. The van der Waals surface area contributed by atoms with E-state index in [1.165, 1.54) is 7.11 Å². The average molecular weight is 204 g/mol. The number of hydrogen-bond donors (Lipinski definition) is 0. The Balaban J connectivity index is 3.08. The summed E-state index contributed by atoms with van der Waals surface area (Å²) >= 11 is 0. The molecule has 1 aromatic carbocycles. The Hall–Kier alpha value is -1.57. The van der Waals surface area contributed by atoms with Gasteiger partial charge in [0, 0.05) is 0 Å². The molecular weight excluding hydrogens is 188 g/mol. The highest BCUT2D eigenvalue weighted by molar-refractivity contribution is 6.16. The maximum absolute atomic E-state index is 11.6. The summed E-state index contributed by atoms with van der Waals surface area (Å²) in [7, 11) is 1.40. The van der Waals surface area contributed by atoms with E-state index in [9.17, 15) is 4.79 Å². The highest BCUT2D eigenvalue weighted by Crippen LogP contribution is 2.17. The molecule has 0 aromatic heterocycles. The number of allylic oxidation sites excluding steroid dienone is 1. The van der Waals surface area contributed by atoms with Gasteiger partial charge < -0.3 is 4.74 Å². The van der Waals surface area contributed by atoms with E-state index in [0.717, 1.165) is 5.56 Å². The molecule has 0 aliphatic rings. The normalized spacial score (nSPS) is 11.6. The van der Waals surface area contributed by atoms with Crippen molar-refractivity contribution in [3.05, 3.63) is 42.0 Å². The smallest absolute Gasteiger partial charge is 0.338 e. The molecule has 0 aliphatic carbocycles. The number of ether oxygens (including phenoxy) is 1. The number of carbonyl (C=O) groups excluding carboxylic acids is 1. The number of esters is 1. The molecule has 1 aromatic rings. The van der Waals surface area contributed by atoms with Crippen molar-refractivity contribution in [1.82, 2.24) is 0 Å². The molecule has 0 heterocycles. The zero-order valence-corrected chi connectivity index (χ0v) is 9.36. The fraction of sp³-hybridized carbons (Fsp3) is 0.308. The second-order valence-electron chi connectivity index (χ2n) is 3.68. The van der Waals surface area contributed by atoms with Gasteiger partial charge in [-0.25, -0.2) is 4.79 Å². The average Bonchev–Trinajstić information content (AvgIpc) is 2.26. The van der Waals surface area contributed by atoms with Gasteiger partial charge in [-0.2, -0.15) is 0 Å². The maximum Gasteiger partial charge on any atom is 0.338 e. The minimum absolute atomic E-state index is 0.283. The minimum Gasteiger partial charge on any atom is -0.465 e. The summed E-state index contributed by atoms with van der Waals surface area (Å²) in [6.45, 7) is 4.07. The van der Waals surface area contributed by atoms with Gasteiger partial charge in [0.15, 0.2) is 0 Å². The molecule has 0 aliphatic heterocycles. The molecule has 80 valence electrons. The van der Waals surface area contributed by atoms with E-state index in [2.05, 4.69) is 0 Å². The summed E-state index contributed by atoms with van der Waals surface area (Å²) in [5.74, 6) is 0.0363. The van der Waals surface area contributed by atoms with Gasteiger partial charge in [-0.05, 0) is 11.5 Å². The second-order valence-corrected chi connectivity index (χ2v) is 3.68.